The van der Waals surface area contributed by atoms with Crippen molar-refractivity contribution in [3.8, 4) is 5.88 Å². The molecule has 82 valence electrons. The fourth-order valence-electron chi connectivity index (χ4n) is 1.79. The van der Waals surface area contributed by atoms with Gasteiger partial charge in [0.25, 0.3) is 5.56 Å². The molecule has 15 heavy (non-hydrogen) atoms. The predicted molar refractivity (Wildman–Crippen MR) is 58.6 cm³/mol. The number of aromatic hydroxyl groups is 1. The van der Waals surface area contributed by atoms with E-state index in [0.29, 0.717) is 0 Å². The minimum atomic E-state index is -0.557. The van der Waals surface area contributed by atoms with Gasteiger partial charge in [-0.15, -0.1) is 0 Å². The van der Waals surface area contributed by atoms with Crippen molar-refractivity contribution in [2.75, 3.05) is 11.5 Å². The molecular formula is C9H12N2O3S. The molecule has 2 rings (SSSR count). The number of hydrogen-bond donors (Lipinski definition) is 2. The largest absolute Gasteiger partial charge is 0.494 e. The molecule has 2 heterocycles. The van der Waals surface area contributed by atoms with Crippen molar-refractivity contribution in [3.05, 3.63) is 26.9 Å². The van der Waals surface area contributed by atoms with E-state index in [0.717, 1.165) is 30.4 Å². The monoisotopic (exact) mass is 228 g/mol. The smallest absolute Gasteiger partial charge is 0.331 e. The summed E-state index contributed by atoms with van der Waals surface area (Å²) in [6.07, 6.45) is 1.70. The normalized spacial score (nSPS) is 17.9. The van der Waals surface area contributed by atoms with Crippen LogP contribution in [0, 0.1) is 0 Å². The second-order valence-corrected chi connectivity index (χ2v) is 4.74. The first-order chi connectivity index (χ1) is 7.18. The molecule has 2 N–H and O–H groups in total. The molecule has 0 amide bonds. The highest BCUT2D eigenvalue weighted by Gasteiger charge is 2.19. The van der Waals surface area contributed by atoms with Crippen LogP contribution in [-0.2, 0) is 0 Å². The van der Waals surface area contributed by atoms with Crippen LogP contribution in [0.3, 0.4) is 0 Å². The van der Waals surface area contributed by atoms with Gasteiger partial charge in [0.2, 0.25) is 5.88 Å². The van der Waals surface area contributed by atoms with Crippen molar-refractivity contribution in [2.24, 2.45) is 0 Å². The summed E-state index contributed by atoms with van der Waals surface area (Å²) >= 11 is 1.84. The minimum absolute atomic E-state index is 0.00981. The fourth-order valence-corrected chi connectivity index (χ4v) is 2.87. The second-order valence-electron chi connectivity index (χ2n) is 3.51. The Labute approximate surface area is 90.1 Å². The topological polar surface area (TPSA) is 75.1 Å². The molecule has 0 saturated carbocycles. The van der Waals surface area contributed by atoms with E-state index < -0.39 is 11.2 Å². The van der Waals surface area contributed by atoms with Gasteiger partial charge in [-0.3, -0.25) is 14.3 Å². The highest BCUT2D eigenvalue weighted by atomic mass is 32.2. The van der Waals surface area contributed by atoms with Crippen molar-refractivity contribution in [2.45, 2.75) is 18.9 Å². The first-order valence-electron chi connectivity index (χ1n) is 4.81. The number of nitrogens with one attached hydrogen (secondary N) is 1. The lowest BCUT2D eigenvalue weighted by molar-refractivity contribution is 0.348. The van der Waals surface area contributed by atoms with Crippen molar-refractivity contribution < 1.29 is 5.11 Å². The van der Waals surface area contributed by atoms with Crippen molar-refractivity contribution in [3.63, 3.8) is 0 Å². The molecule has 5 nitrogen and oxygen atoms in total. The van der Waals surface area contributed by atoms with Crippen LogP contribution in [0.25, 0.3) is 0 Å². The molecule has 0 radical (unpaired) electrons. The predicted octanol–water partition coefficient (Wildman–Crippen LogP) is 0.310. The second kappa shape index (κ2) is 4.14. The van der Waals surface area contributed by atoms with Crippen molar-refractivity contribution >= 4 is 11.8 Å². The molecule has 0 aromatic carbocycles. The number of hydrogen-bond acceptors (Lipinski definition) is 4. The molecular weight excluding hydrogens is 216 g/mol. The zero-order valence-corrected chi connectivity index (χ0v) is 8.92. The molecule has 1 fully saturated rings. The van der Waals surface area contributed by atoms with Crippen LogP contribution in [0.2, 0.25) is 0 Å². The Bertz CT molecular complexity index is 459. The first kappa shape index (κ1) is 10.4. The summed E-state index contributed by atoms with van der Waals surface area (Å²) in [5, 5.41) is 9.56. The molecule has 1 aliphatic heterocycles. The Balaban J connectivity index is 2.42. The van der Waals surface area contributed by atoms with Gasteiger partial charge in [-0.2, -0.15) is 11.8 Å². The highest BCUT2D eigenvalue weighted by Crippen LogP contribution is 2.27. The molecule has 0 bridgehead atoms. The Hall–Kier alpha value is -1.17. The third-order valence-electron chi connectivity index (χ3n) is 2.51. The lowest BCUT2D eigenvalue weighted by Gasteiger charge is -2.23. The van der Waals surface area contributed by atoms with Gasteiger partial charge in [0.1, 0.15) is 0 Å². The van der Waals surface area contributed by atoms with Gasteiger partial charge in [-0.25, -0.2) is 4.79 Å². The third kappa shape index (κ3) is 2.09. The molecule has 0 spiro atoms. The maximum absolute atomic E-state index is 11.5. The SMILES string of the molecule is O=c1cc(O)n(C2CCSCC2)c(=O)[nH]1. The zero-order valence-electron chi connectivity index (χ0n) is 8.10. The number of aromatic nitrogens is 2. The Morgan fingerprint density at radius 2 is 2.07 bits per heavy atom. The summed E-state index contributed by atoms with van der Waals surface area (Å²) in [6, 6.07) is 1.05. The van der Waals surface area contributed by atoms with Gasteiger partial charge in [0.15, 0.2) is 0 Å². The summed E-state index contributed by atoms with van der Waals surface area (Å²) < 4.78 is 1.28. The molecule has 1 aromatic rings. The number of thioether (sulfide) groups is 1. The van der Waals surface area contributed by atoms with Gasteiger partial charge in [0, 0.05) is 6.04 Å². The van der Waals surface area contributed by atoms with Crippen LogP contribution in [-0.4, -0.2) is 26.2 Å². The summed E-state index contributed by atoms with van der Waals surface area (Å²) in [4.78, 5) is 24.6. The third-order valence-corrected chi connectivity index (χ3v) is 3.56. The maximum atomic E-state index is 11.5. The molecule has 0 atom stereocenters. The van der Waals surface area contributed by atoms with E-state index in [1.54, 1.807) is 0 Å². The zero-order chi connectivity index (χ0) is 10.8. The van der Waals surface area contributed by atoms with Gasteiger partial charge < -0.3 is 5.11 Å². The maximum Gasteiger partial charge on any atom is 0.331 e. The molecule has 1 saturated heterocycles. The molecule has 1 aliphatic rings. The number of rotatable bonds is 1. The van der Waals surface area contributed by atoms with E-state index in [4.69, 9.17) is 0 Å². The van der Waals surface area contributed by atoms with Gasteiger partial charge in [-0.1, -0.05) is 0 Å². The van der Waals surface area contributed by atoms with Crippen LogP contribution >= 0.6 is 11.8 Å². The lowest BCUT2D eigenvalue weighted by Crippen LogP contribution is -2.33. The quantitative estimate of drug-likeness (QED) is 0.725. The number of nitrogens with zero attached hydrogens (tertiary/aromatic N) is 1. The van der Waals surface area contributed by atoms with Crippen LogP contribution in [0.5, 0.6) is 5.88 Å². The van der Waals surface area contributed by atoms with Crippen LogP contribution < -0.4 is 11.2 Å². The molecule has 0 unspecified atom stereocenters. The fraction of sp³-hybridized carbons (Fsp3) is 0.556. The molecule has 1 aromatic heterocycles. The van der Waals surface area contributed by atoms with Crippen LogP contribution in [0.15, 0.2) is 15.7 Å². The Morgan fingerprint density at radius 3 is 2.67 bits per heavy atom. The first-order valence-corrected chi connectivity index (χ1v) is 5.96. The van der Waals surface area contributed by atoms with Gasteiger partial charge in [0.05, 0.1) is 6.07 Å². The molecule has 6 heteroatoms. The van der Waals surface area contributed by atoms with E-state index in [-0.39, 0.29) is 11.9 Å². The van der Waals surface area contributed by atoms with Crippen molar-refractivity contribution in [1.82, 2.24) is 9.55 Å². The van der Waals surface area contributed by atoms with Gasteiger partial charge >= 0.3 is 5.69 Å². The van der Waals surface area contributed by atoms with Crippen LogP contribution in [0.1, 0.15) is 18.9 Å². The summed E-state index contributed by atoms with van der Waals surface area (Å²) in [5.74, 6) is 1.73. The molecule has 0 aliphatic carbocycles. The minimum Gasteiger partial charge on any atom is -0.494 e. The summed E-state index contributed by atoms with van der Waals surface area (Å²) in [6.45, 7) is 0. The number of aromatic amines is 1. The van der Waals surface area contributed by atoms with E-state index >= 15 is 0 Å². The van der Waals surface area contributed by atoms with Gasteiger partial charge in [-0.05, 0) is 24.3 Å². The summed E-state index contributed by atoms with van der Waals surface area (Å²) in [7, 11) is 0. The average molecular weight is 228 g/mol. The Kier molecular flexibility index (Phi) is 2.86. The Morgan fingerprint density at radius 1 is 1.40 bits per heavy atom. The van der Waals surface area contributed by atoms with E-state index in [2.05, 4.69) is 4.98 Å². The van der Waals surface area contributed by atoms with Crippen LogP contribution in [0.4, 0.5) is 0 Å². The standard InChI is InChI=1S/C9H12N2O3S/c12-7-5-8(13)11(9(14)10-7)6-1-3-15-4-2-6/h5-6,13H,1-4H2,(H,10,12,14). The van der Waals surface area contributed by atoms with E-state index in [9.17, 15) is 14.7 Å². The van der Waals surface area contributed by atoms with E-state index in [1.807, 2.05) is 11.8 Å². The lowest BCUT2D eigenvalue weighted by atomic mass is 10.1. The number of H-pyrrole nitrogens is 1. The van der Waals surface area contributed by atoms with E-state index in [1.165, 1.54) is 4.57 Å². The highest BCUT2D eigenvalue weighted by molar-refractivity contribution is 7.99. The summed E-state index contributed by atoms with van der Waals surface area (Å²) in [5.41, 5.74) is -1.07. The average Bonchev–Trinajstić information content (AvgIpc) is 2.17. The van der Waals surface area contributed by atoms with Crippen molar-refractivity contribution in [1.29, 1.82) is 0 Å².